The SMILES string of the molecule is CCc1cccc2sc(N3CCN(C(=O)Nc4ccc(F)cc4)CC3)nc12. The van der Waals surface area contributed by atoms with Crippen molar-refractivity contribution in [2.24, 2.45) is 0 Å². The quantitative estimate of drug-likeness (QED) is 0.730. The van der Waals surface area contributed by atoms with Crippen LogP contribution in [0.3, 0.4) is 0 Å². The van der Waals surface area contributed by atoms with Gasteiger partial charge in [-0.3, -0.25) is 0 Å². The number of nitrogens with one attached hydrogen (secondary N) is 1. The number of aromatic nitrogens is 1. The maximum atomic E-state index is 13.0. The highest BCUT2D eigenvalue weighted by molar-refractivity contribution is 7.22. The Bertz CT molecular complexity index is 948. The number of carbonyl (C=O) groups excluding carboxylic acids is 1. The molecule has 0 atom stereocenters. The van der Waals surface area contributed by atoms with Crippen LogP contribution in [0, 0.1) is 5.82 Å². The van der Waals surface area contributed by atoms with Crippen molar-refractivity contribution in [1.82, 2.24) is 9.88 Å². The van der Waals surface area contributed by atoms with E-state index in [0.717, 1.165) is 30.2 Å². The summed E-state index contributed by atoms with van der Waals surface area (Å²) in [6, 6.07) is 12.0. The number of thiazole rings is 1. The molecule has 2 amide bonds. The lowest BCUT2D eigenvalue weighted by atomic mass is 10.1. The number of para-hydroxylation sites is 1. The van der Waals surface area contributed by atoms with Crippen molar-refractivity contribution in [1.29, 1.82) is 0 Å². The maximum absolute atomic E-state index is 13.0. The van der Waals surface area contributed by atoms with Crippen LogP contribution in [-0.4, -0.2) is 42.1 Å². The summed E-state index contributed by atoms with van der Waals surface area (Å²) in [5.74, 6) is -0.316. The van der Waals surface area contributed by atoms with Gasteiger partial charge in [0.05, 0.1) is 10.2 Å². The Balaban J connectivity index is 1.40. The summed E-state index contributed by atoms with van der Waals surface area (Å²) in [5, 5.41) is 3.84. The number of hydrogen-bond acceptors (Lipinski definition) is 4. The molecule has 2 heterocycles. The Hall–Kier alpha value is -2.67. The van der Waals surface area contributed by atoms with Crippen LogP contribution in [-0.2, 0) is 6.42 Å². The summed E-state index contributed by atoms with van der Waals surface area (Å²) < 4.78 is 14.2. The van der Waals surface area contributed by atoms with E-state index >= 15 is 0 Å². The number of rotatable bonds is 3. The molecule has 1 aliphatic heterocycles. The molecule has 5 nitrogen and oxygen atoms in total. The van der Waals surface area contributed by atoms with Crippen LogP contribution < -0.4 is 10.2 Å². The molecule has 7 heteroatoms. The molecule has 140 valence electrons. The molecule has 1 aromatic heterocycles. The van der Waals surface area contributed by atoms with Gasteiger partial charge in [-0.05, 0) is 42.3 Å². The number of carbonyl (C=O) groups is 1. The Labute approximate surface area is 161 Å². The number of anilines is 2. The van der Waals surface area contributed by atoms with Crippen LogP contribution in [0.1, 0.15) is 12.5 Å². The lowest BCUT2D eigenvalue weighted by Gasteiger charge is -2.34. The van der Waals surface area contributed by atoms with Crippen molar-refractivity contribution in [3.05, 3.63) is 53.8 Å². The molecule has 4 rings (SSSR count). The largest absolute Gasteiger partial charge is 0.345 e. The first-order valence-electron chi connectivity index (χ1n) is 9.09. The smallest absolute Gasteiger partial charge is 0.321 e. The monoisotopic (exact) mass is 384 g/mol. The van der Waals surface area contributed by atoms with E-state index in [4.69, 9.17) is 4.98 Å². The minimum absolute atomic E-state index is 0.154. The number of amides is 2. The molecule has 27 heavy (non-hydrogen) atoms. The second-order valence-corrected chi connectivity index (χ2v) is 7.53. The van der Waals surface area contributed by atoms with Crippen molar-refractivity contribution < 1.29 is 9.18 Å². The van der Waals surface area contributed by atoms with Crippen LogP contribution >= 0.6 is 11.3 Å². The van der Waals surface area contributed by atoms with Gasteiger partial charge in [-0.2, -0.15) is 0 Å². The zero-order valence-electron chi connectivity index (χ0n) is 15.1. The van der Waals surface area contributed by atoms with Crippen LogP contribution in [0.15, 0.2) is 42.5 Å². The summed E-state index contributed by atoms with van der Waals surface area (Å²) in [4.78, 5) is 21.3. The number of benzene rings is 2. The first-order chi connectivity index (χ1) is 13.1. The third kappa shape index (κ3) is 3.73. The fourth-order valence-corrected chi connectivity index (χ4v) is 4.32. The molecule has 0 bridgehead atoms. The Kier molecular flexibility index (Phi) is 4.94. The molecule has 0 aliphatic carbocycles. The fraction of sp³-hybridized carbons (Fsp3) is 0.300. The number of hydrogen-bond donors (Lipinski definition) is 1. The van der Waals surface area contributed by atoms with Gasteiger partial charge in [-0.25, -0.2) is 14.2 Å². The second kappa shape index (κ2) is 7.52. The third-order valence-electron chi connectivity index (χ3n) is 4.81. The molecule has 0 radical (unpaired) electrons. The van der Waals surface area contributed by atoms with Crippen molar-refractivity contribution in [2.75, 3.05) is 36.4 Å². The van der Waals surface area contributed by atoms with E-state index < -0.39 is 0 Å². The summed E-state index contributed by atoms with van der Waals surface area (Å²) in [5.41, 5.74) is 2.96. The zero-order valence-corrected chi connectivity index (χ0v) is 15.9. The normalized spacial score (nSPS) is 14.6. The van der Waals surface area contributed by atoms with E-state index in [0.29, 0.717) is 18.8 Å². The number of fused-ring (bicyclic) bond motifs is 1. The van der Waals surface area contributed by atoms with E-state index in [1.165, 1.54) is 22.4 Å². The number of urea groups is 1. The summed E-state index contributed by atoms with van der Waals surface area (Å²) in [7, 11) is 0. The van der Waals surface area contributed by atoms with Crippen LogP contribution in [0.2, 0.25) is 0 Å². The van der Waals surface area contributed by atoms with Gasteiger partial charge in [0.2, 0.25) is 0 Å². The lowest BCUT2D eigenvalue weighted by molar-refractivity contribution is 0.208. The zero-order chi connectivity index (χ0) is 18.8. The molecule has 0 unspecified atom stereocenters. The maximum Gasteiger partial charge on any atom is 0.321 e. The molecule has 1 fully saturated rings. The predicted molar refractivity (Wildman–Crippen MR) is 108 cm³/mol. The lowest BCUT2D eigenvalue weighted by Crippen LogP contribution is -2.50. The molecule has 1 N–H and O–H groups in total. The summed E-state index contributed by atoms with van der Waals surface area (Å²) in [6.07, 6.45) is 0.970. The molecule has 0 saturated carbocycles. The van der Waals surface area contributed by atoms with E-state index in [2.05, 4.69) is 35.3 Å². The standard InChI is InChI=1S/C20H21FN4OS/c1-2-14-4-3-5-17-18(14)23-20(27-17)25-12-10-24(11-13-25)19(26)22-16-8-6-15(21)7-9-16/h3-9H,2,10-13H2,1H3,(H,22,26). The summed E-state index contributed by atoms with van der Waals surface area (Å²) in [6.45, 7) is 4.90. The number of aryl methyl sites for hydroxylation is 1. The van der Waals surface area contributed by atoms with E-state index in [1.807, 2.05) is 0 Å². The summed E-state index contributed by atoms with van der Waals surface area (Å²) >= 11 is 1.71. The number of halogens is 1. The molecule has 2 aromatic carbocycles. The van der Waals surface area contributed by atoms with Crippen LogP contribution in [0.5, 0.6) is 0 Å². The average Bonchev–Trinajstić information content (AvgIpc) is 3.14. The molecule has 3 aromatic rings. The highest BCUT2D eigenvalue weighted by atomic mass is 32.1. The molecule has 1 saturated heterocycles. The first kappa shape index (κ1) is 17.7. The van der Waals surface area contributed by atoms with Gasteiger partial charge in [-0.1, -0.05) is 30.4 Å². The topological polar surface area (TPSA) is 48.5 Å². The van der Waals surface area contributed by atoms with Crippen molar-refractivity contribution in [3.63, 3.8) is 0 Å². The highest BCUT2D eigenvalue weighted by Crippen LogP contribution is 2.31. The van der Waals surface area contributed by atoms with Crippen molar-refractivity contribution in [2.45, 2.75) is 13.3 Å². The van der Waals surface area contributed by atoms with Gasteiger partial charge < -0.3 is 15.1 Å². The van der Waals surface area contributed by atoms with Gasteiger partial charge in [0, 0.05) is 31.9 Å². The first-order valence-corrected chi connectivity index (χ1v) is 9.90. The second-order valence-electron chi connectivity index (χ2n) is 6.53. The van der Waals surface area contributed by atoms with Gasteiger partial charge in [0.1, 0.15) is 5.82 Å². The predicted octanol–water partition coefficient (Wildman–Crippen LogP) is 4.35. The average molecular weight is 384 g/mol. The molecular formula is C20H21FN4OS. The minimum Gasteiger partial charge on any atom is -0.345 e. The van der Waals surface area contributed by atoms with E-state index in [1.54, 1.807) is 28.4 Å². The number of piperazine rings is 1. The van der Waals surface area contributed by atoms with Crippen molar-refractivity contribution >= 4 is 38.4 Å². The van der Waals surface area contributed by atoms with Gasteiger partial charge in [0.25, 0.3) is 0 Å². The van der Waals surface area contributed by atoms with E-state index in [-0.39, 0.29) is 11.8 Å². The third-order valence-corrected chi connectivity index (χ3v) is 5.89. The van der Waals surface area contributed by atoms with Gasteiger partial charge in [-0.15, -0.1) is 0 Å². The number of nitrogens with zero attached hydrogens (tertiary/aromatic N) is 3. The van der Waals surface area contributed by atoms with Crippen LogP contribution in [0.25, 0.3) is 10.2 Å². The van der Waals surface area contributed by atoms with Gasteiger partial charge >= 0.3 is 6.03 Å². The van der Waals surface area contributed by atoms with Crippen molar-refractivity contribution in [3.8, 4) is 0 Å². The molecule has 0 spiro atoms. The van der Waals surface area contributed by atoms with Gasteiger partial charge in [0.15, 0.2) is 5.13 Å². The van der Waals surface area contributed by atoms with E-state index in [9.17, 15) is 9.18 Å². The minimum atomic E-state index is -0.316. The fourth-order valence-electron chi connectivity index (χ4n) is 3.25. The molecule has 1 aliphatic rings. The molecular weight excluding hydrogens is 363 g/mol. The Morgan fingerprint density at radius 2 is 1.89 bits per heavy atom. The Morgan fingerprint density at radius 1 is 1.15 bits per heavy atom. The van der Waals surface area contributed by atoms with Crippen LogP contribution in [0.4, 0.5) is 20.0 Å². The Morgan fingerprint density at radius 3 is 2.59 bits per heavy atom. The highest BCUT2D eigenvalue weighted by Gasteiger charge is 2.23.